The van der Waals surface area contributed by atoms with Crippen molar-refractivity contribution in [3.05, 3.63) is 47.5 Å². The summed E-state index contributed by atoms with van der Waals surface area (Å²) in [5, 5.41) is 6.09. The molecular weight excluding hydrogens is 401 g/mol. The number of aryl methyl sites for hydroxylation is 1. The molecule has 2 aliphatic rings. The predicted molar refractivity (Wildman–Crippen MR) is 101 cm³/mol. The van der Waals surface area contributed by atoms with Crippen LogP contribution in [0.4, 0.5) is 10.2 Å². The van der Waals surface area contributed by atoms with Gasteiger partial charge in [0.1, 0.15) is 22.5 Å². The topological polar surface area (TPSA) is 102 Å². The van der Waals surface area contributed by atoms with E-state index in [1.807, 2.05) is 0 Å². The summed E-state index contributed by atoms with van der Waals surface area (Å²) >= 11 is 1.46. The summed E-state index contributed by atoms with van der Waals surface area (Å²) < 4.78 is 23.3. The van der Waals surface area contributed by atoms with Crippen LogP contribution in [0.3, 0.4) is 0 Å². The Kier molecular flexibility index (Phi) is 5.03. The summed E-state index contributed by atoms with van der Waals surface area (Å²) in [6.07, 6.45) is 0.818. The van der Waals surface area contributed by atoms with Gasteiger partial charge in [0.15, 0.2) is 12.4 Å². The van der Waals surface area contributed by atoms with Crippen LogP contribution in [-0.2, 0) is 24.0 Å². The summed E-state index contributed by atoms with van der Waals surface area (Å²) in [5.74, 6) is -0.642. The Morgan fingerprint density at radius 1 is 1.41 bits per heavy atom. The molecule has 29 heavy (non-hydrogen) atoms. The zero-order valence-electron chi connectivity index (χ0n) is 15.5. The van der Waals surface area contributed by atoms with Gasteiger partial charge in [0.2, 0.25) is 5.91 Å². The zero-order valence-corrected chi connectivity index (χ0v) is 16.3. The molecular formula is C19H18FN3O5S. The molecule has 0 saturated carbocycles. The number of nitrogens with one attached hydrogen (secondary N) is 1. The maximum Gasteiger partial charge on any atom is 0.330 e. The Morgan fingerprint density at radius 3 is 2.86 bits per heavy atom. The van der Waals surface area contributed by atoms with E-state index in [2.05, 4.69) is 10.5 Å². The fourth-order valence-electron chi connectivity index (χ4n) is 3.66. The van der Waals surface area contributed by atoms with Crippen LogP contribution in [0.15, 0.2) is 34.9 Å². The van der Waals surface area contributed by atoms with Crippen molar-refractivity contribution in [3.63, 3.8) is 0 Å². The average molecular weight is 419 g/mol. The molecule has 2 amide bonds. The lowest BCUT2D eigenvalue weighted by molar-refractivity contribution is -0.155. The van der Waals surface area contributed by atoms with Crippen molar-refractivity contribution in [2.24, 2.45) is 0 Å². The first-order valence-electron chi connectivity index (χ1n) is 9.01. The lowest BCUT2D eigenvalue weighted by atomic mass is 10.0. The fraction of sp³-hybridized carbons (Fsp3) is 0.368. The first-order chi connectivity index (χ1) is 13.9. The molecule has 2 saturated heterocycles. The Balaban J connectivity index is 1.43. The highest BCUT2D eigenvalue weighted by atomic mass is 32.2. The molecule has 4 rings (SSSR count). The number of thioether (sulfide) groups is 1. The van der Waals surface area contributed by atoms with E-state index >= 15 is 0 Å². The molecule has 0 spiro atoms. The van der Waals surface area contributed by atoms with Gasteiger partial charge in [0.25, 0.3) is 5.91 Å². The third kappa shape index (κ3) is 3.59. The van der Waals surface area contributed by atoms with Gasteiger partial charge in [-0.1, -0.05) is 17.3 Å². The largest absolute Gasteiger partial charge is 0.454 e. The van der Waals surface area contributed by atoms with E-state index < -0.39 is 29.4 Å². The van der Waals surface area contributed by atoms with Gasteiger partial charge in [-0.25, -0.2) is 9.18 Å². The van der Waals surface area contributed by atoms with E-state index in [9.17, 15) is 18.8 Å². The molecule has 0 radical (unpaired) electrons. The molecule has 2 aliphatic heterocycles. The van der Waals surface area contributed by atoms with Gasteiger partial charge in [0, 0.05) is 18.2 Å². The number of anilines is 1. The first kappa shape index (κ1) is 19.4. The normalized spacial score (nSPS) is 23.2. The van der Waals surface area contributed by atoms with Crippen LogP contribution in [-0.4, -0.2) is 46.2 Å². The number of aromatic nitrogens is 1. The average Bonchev–Trinajstić information content (AvgIpc) is 3.37. The molecule has 2 aromatic rings. The van der Waals surface area contributed by atoms with E-state index in [-0.39, 0.29) is 17.5 Å². The third-order valence-electron chi connectivity index (χ3n) is 4.94. The zero-order chi connectivity index (χ0) is 20.6. The number of hydrogen-bond acceptors (Lipinski definition) is 7. The molecule has 1 aromatic carbocycles. The minimum Gasteiger partial charge on any atom is -0.454 e. The monoisotopic (exact) mass is 419 g/mol. The van der Waals surface area contributed by atoms with E-state index in [0.717, 1.165) is 5.56 Å². The van der Waals surface area contributed by atoms with Crippen LogP contribution in [0.1, 0.15) is 24.2 Å². The van der Waals surface area contributed by atoms with Crippen molar-refractivity contribution in [3.8, 4) is 0 Å². The third-order valence-corrected chi connectivity index (χ3v) is 6.53. The minimum absolute atomic E-state index is 0.163. The lowest BCUT2D eigenvalue weighted by Crippen LogP contribution is -2.47. The number of fused-ring (bicyclic) bond motifs is 1. The number of amides is 2. The number of carbonyl (C=O) groups is 3. The standard InChI is InChI=1S/C19H18FN3O5S/c1-11-8-15(22-28-11)21-16(24)9-27-18(26)14-10-29-19(7-6-17(25)23(14)19)12-2-4-13(20)5-3-12/h2-5,8,14H,6-7,9-10H2,1H3,(H,21,22,24)/t14-,19+/m0/s1. The van der Waals surface area contributed by atoms with E-state index in [1.165, 1.54) is 34.9 Å². The number of ether oxygens (including phenoxy) is 1. The first-order valence-corrected chi connectivity index (χ1v) is 9.99. The van der Waals surface area contributed by atoms with Gasteiger partial charge >= 0.3 is 5.97 Å². The SMILES string of the molecule is Cc1cc(NC(=O)COC(=O)[C@@H]2CS[C@@]3(c4ccc(F)cc4)CCC(=O)N23)no1. The highest BCUT2D eigenvalue weighted by Gasteiger charge is 2.57. The van der Waals surface area contributed by atoms with Crippen LogP contribution >= 0.6 is 11.8 Å². The van der Waals surface area contributed by atoms with E-state index in [4.69, 9.17) is 9.26 Å². The van der Waals surface area contributed by atoms with Crippen molar-refractivity contribution in [2.75, 3.05) is 17.7 Å². The quantitative estimate of drug-likeness (QED) is 0.741. The van der Waals surface area contributed by atoms with Crippen molar-refractivity contribution in [1.29, 1.82) is 0 Å². The Hall–Kier alpha value is -2.88. The van der Waals surface area contributed by atoms with Crippen LogP contribution in [0, 0.1) is 12.7 Å². The van der Waals surface area contributed by atoms with Gasteiger partial charge in [-0.15, -0.1) is 11.8 Å². The number of hydrogen-bond donors (Lipinski definition) is 1. The van der Waals surface area contributed by atoms with E-state index in [0.29, 0.717) is 24.4 Å². The maximum atomic E-state index is 13.3. The number of carbonyl (C=O) groups excluding carboxylic acids is 3. The van der Waals surface area contributed by atoms with Gasteiger partial charge in [-0.2, -0.15) is 0 Å². The van der Waals surface area contributed by atoms with Crippen molar-refractivity contribution < 1.29 is 28.0 Å². The number of halogens is 1. The second kappa shape index (κ2) is 7.51. The highest BCUT2D eigenvalue weighted by molar-refractivity contribution is 8.00. The number of benzene rings is 1. The lowest BCUT2D eigenvalue weighted by Gasteiger charge is -2.33. The molecule has 10 heteroatoms. The summed E-state index contributed by atoms with van der Waals surface area (Å²) in [6, 6.07) is 6.68. The molecule has 2 fully saturated rings. The van der Waals surface area contributed by atoms with Crippen molar-refractivity contribution in [2.45, 2.75) is 30.7 Å². The summed E-state index contributed by atoms with van der Waals surface area (Å²) in [7, 11) is 0. The highest BCUT2D eigenvalue weighted by Crippen LogP contribution is 2.54. The minimum atomic E-state index is -0.804. The molecule has 8 nitrogen and oxygen atoms in total. The molecule has 1 aromatic heterocycles. The summed E-state index contributed by atoms with van der Waals surface area (Å²) in [6.45, 7) is 1.18. The van der Waals surface area contributed by atoms with Crippen LogP contribution in [0.2, 0.25) is 0 Å². The number of nitrogens with zero attached hydrogens (tertiary/aromatic N) is 2. The molecule has 1 N–H and O–H groups in total. The van der Waals surface area contributed by atoms with Gasteiger partial charge < -0.3 is 19.5 Å². The Bertz CT molecular complexity index is 963. The van der Waals surface area contributed by atoms with Gasteiger partial charge in [-0.05, 0) is 31.0 Å². The van der Waals surface area contributed by atoms with Crippen LogP contribution in [0.5, 0.6) is 0 Å². The number of rotatable bonds is 5. The smallest absolute Gasteiger partial charge is 0.330 e. The molecule has 3 heterocycles. The molecule has 152 valence electrons. The predicted octanol–water partition coefficient (Wildman–Crippen LogP) is 2.19. The van der Waals surface area contributed by atoms with Crippen LogP contribution < -0.4 is 5.32 Å². The second-order valence-electron chi connectivity index (χ2n) is 6.86. The Labute approximate surface area is 169 Å². The van der Waals surface area contributed by atoms with Gasteiger partial charge in [-0.3, -0.25) is 9.59 Å². The van der Waals surface area contributed by atoms with E-state index in [1.54, 1.807) is 19.1 Å². The molecule has 0 unspecified atom stereocenters. The van der Waals surface area contributed by atoms with Crippen LogP contribution in [0.25, 0.3) is 0 Å². The fourth-order valence-corrected chi connectivity index (χ4v) is 5.30. The van der Waals surface area contributed by atoms with Crippen molar-refractivity contribution >= 4 is 35.4 Å². The van der Waals surface area contributed by atoms with Gasteiger partial charge in [0.05, 0.1) is 0 Å². The van der Waals surface area contributed by atoms with Crippen molar-refractivity contribution in [1.82, 2.24) is 10.1 Å². The molecule has 0 aliphatic carbocycles. The number of esters is 1. The second-order valence-corrected chi connectivity index (χ2v) is 8.16. The molecule has 2 atom stereocenters. The summed E-state index contributed by atoms with van der Waals surface area (Å²) in [5.41, 5.74) is 0.768. The molecule has 0 bridgehead atoms. The summed E-state index contributed by atoms with van der Waals surface area (Å²) in [4.78, 5) is 37.9. The Morgan fingerprint density at radius 2 is 2.17 bits per heavy atom. The maximum absolute atomic E-state index is 13.3.